The first-order valence-corrected chi connectivity index (χ1v) is 6.00. The van der Waals surface area contributed by atoms with Crippen LogP contribution in [0.25, 0.3) is 6.08 Å². The zero-order chi connectivity index (χ0) is 13.8. The molecule has 0 saturated carbocycles. The van der Waals surface area contributed by atoms with Crippen molar-refractivity contribution < 1.29 is 23.8 Å². The van der Waals surface area contributed by atoms with Gasteiger partial charge in [0.1, 0.15) is 11.9 Å². The molecule has 2 rings (SSSR count). The largest absolute Gasteiger partial charge is 0.478 e. The van der Waals surface area contributed by atoms with Crippen LogP contribution < -0.4 is 0 Å². The van der Waals surface area contributed by atoms with E-state index < -0.39 is 5.97 Å². The molecule has 1 N–H and O–H groups in total. The van der Waals surface area contributed by atoms with Gasteiger partial charge in [0.15, 0.2) is 0 Å². The van der Waals surface area contributed by atoms with Crippen molar-refractivity contribution in [2.24, 2.45) is 0 Å². The van der Waals surface area contributed by atoms with E-state index in [0.29, 0.717) is 24.3 Å². The summed E-state index contributed by atoms with van der Waals surface area (Å²) in [5.41, 5.74) is 1.26. The van der Waals surface area contributed by atoms with E-state index in [0.717, 1.165) is 6.08 Å². The van der Waals surface area contributed by atoms with E-state index in [9.17, 15) is 9.18 Å². The van der Waals surface area contributed by atoms with Crippen molar-refractivity contribution in [3.8, 4) is 0 Å². The van der Waals surface area contributed by atoms with Crippen molar-refractivity contribution in [1.82, 2.24) is 0 Å². The lowest BCUT2D eigenvalue weighted by Gasteiger charge is -2.15. The molecule has 0 spiro atoms. The highest BCUT2D eigenvalue weighted by atomic mass is 19.1. The maximum atomic E-state index is 13.3. The van der Waals surface area contributed by atoms with Gasteiger partial charge in [-0.15, -0.1) is 0 Å². The minimum Gasteiger partial charge on any atom is -0.478 e. The number of rotatable bonds is 6. The highest BCUT2D eigenvalue weighted by Crippen LogP contribution is 2.25. The van der Waals surface area contributed by atoms with Gasteiger partial charge in [-0.25, -0.2) is 9.18 Å². The second-order valence-electron chi connectivity index (χ2n) is 4.38. The van der Waals surface area contributed by atoms with Gasteiger partial charge < -0.3 is 14.6 Å². The minimum atomic E-state index is -1.05. The molecule has 1 heterocycles. The van der Waals surface area contributed by atoms with Crippen LogP contribution in [0.2, 0.25) is 0 Å². The van der Waals surface area contributed by atoms with Crippen molar-refractivity contribution in [3.63, 3.8) is 0 Å². The average molecular weight is 266 g/mol. The lowest BCUT2D eigenvalue weighted by Crippen LogP contribution is -2.07. The molecule has 0 aromatic heterocycles. The smallest absolute Gasteiger partial charge is 0.328 e. The van der Waals surface area contributed by atoms with Gasteiger partial charge in [0, 0.05) is 6.08 Å². The molecule has 5 heteroatoms. The monoisotopic (exact) mass is 266 g/mol. The number of epoxide rings is 1. The molecule has 1 saturated heterocycles. The summed E-state index contributed by atoms with van der Waals surface area (Å²) in [6.45, 7) is 2.96. The summed E-state index contributed by atoms with van der Waals surface area (Å²) in [6, 6.07) is 4.19. The van der Waals surface area contributed by atoms with E-state index in [1.54, 1.807) is 6.92 Å². The molecule has 2 atom stereocenters. The summed E-state index contributed by atoms with van der Waals surface area (Å²) in [7, 11) is 0. The minimum absolute atomic E-state index is 0.133. The first-order valence-electron chi connectivity index (χ1n) is 6.00. The molecular formula is C14H15FO4. The molecule has 0 amide bonds. The van der Waals surface area contributed by atoms with Crippen molar-refractivity contribution in [1.29, 1.82) is 0 Å². The van der Waals surface area contributed by atoms with Crippen molar-refractivity contribution in [3.05, 3.63) is 41.2 Å². The van der Waals surface area contributed by atoms with E-state index in [-0.39, 0.29) is 18.0 Å². The van der Waals surface area contributed by atoms with Crippen LogP contribution in [0.5, 0.6) is 0 Å². The summed E-state index contributed by atoms with van der Waals surface area (Å²) in [5.74, 6) is -1.42. The Morgan fingerprint density at radius 3 is 3.05 bits per heavy atom. The number of ether oxygens (including phenoxy) is 2. The lowest BCUT2D eigenvalue weighted by atomic mass is 10.0. The highest BCUT2D eigenvalue weighted by Gasteiger charge is 2.24. The molecule has 0 unspecified atom stereocenters. The summed E-state index contributed by atoms with van der Waals surface area (Å²) in [6.07, 6.45) is 2.26. The summed E-state index contributed by atoms with van der Waals surface area (Å²) in [5, 5.41) is 8.63. The number of aliphatic carboxylic acids is 1. The number of carboxylic acids is 1. The molecular weight excluding hydrogens is 251 g/mol. The number of carbonyl (C=O) groups is 1. The molecule has 0 bridgehead atoms. The van der Waals surface area contributed by atoms with Crippen LogP contribution >= 0.6 is 0 Å². The SMILES string of the molecule is C[C@@H](OC[C@H]1CO1)c1cc(F)ccc1C=CC(=O)O. The van der Waals surface area contributed by atoms with Crippen LogP contribution in [-0.2, 0) is 14.3 Å². The lowest BCUT2D eigenvalue weighted by molar-refractivity contribution is -0.131. The van der Waals surface area contributed by atoms with Gasteiger partial charge in [0.2, 0.25) is 0 Å². The van der Waals surface area contributed by atoms with Crippen LogP contribution in [0.15, 0.2) is 24.3 Å². The maximum Gasteiger partial charge on any atom is 0.328 e. The van der Waals surface area contributed by atoms with Crippen molar-refractivity contribution >= 4 is 12.0 Å². The Balaban J connectivity index is 2.14. The summed E-state index contributed by atoms with van der Waals surface area (Å²) >= 11 is 0. The third-order valence-corrected chi connectivity index (χ3v) is 2.83. The molecule has 102 valence electrons. The molecule has 1 aliphatic heterocycles. The number of hydrogen-bond acceptors (Lipinski definition) is 3. The molecule has 4 nitrogen and oxygen atoms in total. The Morgan fingerprint density at radius 1 is 1.68 bits per heavy atom. The fraction of sp³-hybridized carbons (Fsp3) is 0.357. The van der Waals surface area contributed by atoms with Crippen molar-refractivity contribution in [2.75, 3.05) is 13.2 Å². The Hall–Kier alpha value is -1.72. The molecule has 0 aliphatic carbocycles. The zero-order valence-electron chi connectivity index (χ0n) is 10.5. The summed E-state index contributed by atoms with van der Waals surface area (Å²) in [4.78, 5) is 10.5. The predicted molar refractivity (Wildman–Crippen MR) is 67.2 cm³/mol. The number of carboxylic acid groups (broad SMARTS) is 1. The van der Waals surface area contributed by atoms with Gasteiger partial charge in [0.05, 0.1) is 19.3 Å². The van der Waals surface area contributed by atoms with Gasteiger partial charge in [-0.3, -0.25) is 0 Å². The number of hydrogen-bond donors (Lipinski definition) is 1. The molecule has 19 heavy (non-hydrogen) atoms. The maximum absolute atomic E-state index is 13.3. The van der Waals surface area contributed by atoms with E-state index in [1.165, 1.54) is 24.3 Å². The third kappa shape index (κ3) is 4.15. The van der Waals surface area contributed by atoms with Gasteiger partial charge in [0.25, 0.3) is 0 Å². The van der Waals surface area contributed by atoms with Crippen LogP contribution in [0, 0.1) is 5.82 Å². The van der Waals surface area contributed by atoms with E-state index in [4.69, 9.17) is 14.6 Å². The van der Waals surface area contributed by atoms with Gasteiger partial charge in [-0.05, 0) is 36.3 Å². The van der Waals surface area contributed by atoms with E-state index in [2.05, 4.69) is 0 Å². The normalized spacial score (nSPS) is 19.6. The van der Waals surface area contributed by atoms with Crippen molar-refractivity contribution in [2.45, 2.75) is 19.1 Å². The Morgan fingerprint density at radius 2 is 2.42 bits per heavy atom. The molecule has 1 aliphatic rings. The van der Waals surface area contributed by atoms with Crippen LogP contribution in [0.3, 0.4) is 0 Å². The quantitative estimate of drug-likeness (QED) is 0.634. The van der Waals surface area contributed by atoms with Crippen LogP contribution in [0.4, 0.5) is 4.39 Å². The Kier molecular flexibility index (Phi) is 4.29. The fourth-order valence-corrected chi connectivity index (χ4v) is 1.72. The molecule has 1 aromatic carbocycles. The first-order chi connectivity index (χ1) is 9.06. The molecule has 0 radical (unpaired) electrons. The highest BCUT2D eigenvalue weighted by molar-refractivity contribution is 5.85. The molecule has 1 fully saturated rings. The topological polar surface area (TPSA) is 59.1 Å². The standard InChI is InChI=1S/C14H15FO4/c1-9(18-7-12-8-19-12)13-6-11(15)4-2-10(13)3-5-14(16)17/h2-6,9,12H,7-8H2,1H3,(H,16,17)/t9-,12+/m1/s1. The van der Waals surface area contributed by atoms with Crippen LogP contribution in [-0.4, -0.2) is 30.4 Å². The van der Waals surface area contributed by atoms with E-state index in [1.807, 2.05) is 0 Å². The van der Waals surface area contributed by atoms with Gasteiger partial charge in [-0.2, -0.15) is 0 Å². The zero-order valence-corrected chi connectivity index (χ0v) is 10.5. The number of benzene rings is 1. The van der Waals surface area contributed by atoms with E-state index >= 15 is 0 Å². The molecule has 1 aromatic rings. The Labute approximate surface area is 110 Å². The van der Waals surface area contributed by atoms with Gasteiger partial charge in [-0.1, -0.05) is 6.07 Å². The average Bonchev–Trinajstić information content (AvgIpc) is 3.18. The third-order valence-electron chi connectivity index (χ3n) is 2.83. The second-order valence-corrected chi connectivity index (χ2v) is 4.38. The number of halogens is 1. The first kappa shape index (κ1) is 13.7. The summed E-state index contributed by atoms with van der Waals surface area (Å²) < 4.78 is 23.9. The Bertz CT molecular complexity index is 494. The second kappa shape index (κ2) is 5.95. The van der Waals surface area contributed by atoms with Gasteiger partial charge >= 0.3 is 5.97 Å². The predicted octanol–water partition coefficient (Wildman–Crippen LogP) is 2.40. The fourth-order valence-electron chi connectivity index (χ4n) is 1.72. The van der Waals surface area contributed by atoms with Crippen LogP contribution in [0.1, 0.15) is 24.2 Å².